The number of anilines is 3. The van der Waals surface area contributed by atoms with Crippen LogP contribution < -0.4 is 16.6 Å². The van der Waals surface area contributed by atoms with Gasteiger partial charge in [0.25, 0.3) is 0 Å². The number of nitrogens with zero attached hydrogens (tertiary/aromatic N) is 2. The smallest absolute Gasteiger partial charge is 0.239 e. The zero-order valence-electron chi connectivity index (χ0n) is 8.92. The third-order valence-electron chi connectivity index (χ3n) is 2.06. The molecule has 0 amide bonds. The van der Waals surface area contributed by atoms with Crippen LogP contribution in [0.5, 0.6) is 0 Å². The quantitative estimate of drug-likeness (QED) is 0.595. The van der Waals surface area contributed by atoms with Crippen LogP contribution in [0.3, 0.4) is 0 Å². The van der Waals surface area contributed by atoms with E-state index < -0.39 is 5.82 Å². The van der Waals surface area contributed by atoms with E-state index >= 15 is 0 Å². The van der Waals surface area contributed by atoms with Crippen LogP contribution in [0.15, 0.2) is 28.9 Å². The summed E-state index contributed by atoms with van der Waals surface area (Å²) in [6, 6.07) is 5.06. The lowest BCUT2D eigenvalue weighted by molar-refractivity contribution is 0.619. The van der Waals surface area contributed by atoms with Crippen LogP contribution in [-0.2, 0) is 0 Å². The molecule has 1 heterocycles. The molecule has 2 rings (SSSR count). The Balaban J connectivity index is 2.33. The molecular weight excluding hydrogens is 324 g/mol. The van der Waals surface area contributed by atoms with E-state index in [-0.39, 0.29) is 11.8 Å². The predicted octanol–water partition coefficient (Wildman–Crippen LogP) is 3.06. The first-order valence-corrected chi connectivity index (χ1v) is 5.98. The summed E-state index contributed by atoms with van der Waals surface area (Å²) in [6.45, 7) is 0. The highest BCUT2D eigenvalue weighted by molar-refractivity contribution is 9.10. The van der Waals surface area contributed by atoms with E-state index in [4.69, 9.17) is 17.4 Å². The maximum absolute atomic E-state index is 13.5. The van der Waals surface area contributed by atoms with Gasteiger partial charge in [-0.05, 0) is 34.1 Å². The molecule has 4 N–H and O–H groups in total. The fraction of sp³-hybridized carbons (Fsp3) is 0. The SMILES string of the molecule is NNc1ncc(F)c(Nc2ccc(Cl)cc2Br)n1. The van der Waals surface area contributed by atoms with Crippen molar-refractivity contribution in [3.8, 4) is 0 Å². The Morgan fingerprint density at radius 1 is 1.39 bits per heavy atom. The fourth-order valence-electron chi connectivity index (χ4n) is 1.24. The van der Waals surface area contributed by atoms with Gasteiger partial charge in [0.15, 0.2) is 11.6 Å². The maximum atomic E-state index is 13.5. The van der Waals surface area contributed by atoms with Gasteiger partial charge >= 0.3 is 0 Å². The molecule has 0 fully saturated rings. The summed E-state index contributed by atoms with van der Waals surface area (Å²) >= 11 is 9.13. The molecule has 0 aliphatic heterocycles. The first-order chi connectivity index (χ1) is 8.60. The molecule has 0 aliphatic carbocycles. The molecule has 8 heteroatoms. The Bertz CT molecular complexity index is 580. The van der Waals surface area contributed by atoms with E-state index in [1.807, 2.05) is 0 Å². The number of nitrogen functional groups attached to an aromatic ring is 1. The van der Waals surface area contributed by atoms with Crippen molar-refractivity contribution in [1.29, 1.82) is 0 Å². The molecule has 18 heavy (non-hydrogen) atoms. The standard InChI is InChI=1S/C10H8BrClFN5/c11-6-3-5(12)1-2-8(6)16-9-7(13)4-15-10(17-9)18-14/h1-4H,14H2,(H2,15,16,17,18). The molecule has 0 atom stereocenters. The highest BCUT2D eigenvalue weighted by atomic mass is 79.9. The summed E-state index contributed by atoms with van der Waals surface area (Å²) in [5, 5.41) is 3.38. The van der Waals surface area contributed by atoms with Gasteiger partial charge in [-0.15, -0.1) is 0 Å². The Labute approximate surface area is 116 Å². The molecule has 1 aromatic heterocycles. The molecular formula is C10H8BrClFN5. The molecule has 0 radical (unpaired) electrons. The molecule has 0 aliphatic rings. The highest BCUT2D eigenvalue weighted by Crippen LogP contribution is 2.28. The van der Waals surface area contributed by atoms with Crippen molar-refractivity contribution in [2.45, 2.75) is 0 Å². The zero-order chi connectivity index (χ0) is 13.1. The van der Waals surface area contributed by atoms with Gasteiger partial charge in [0, 0.05) is 9.50 Å². The Morgan fingerprint density at radius 3 is 2.83 bits per heavy atom. The number of hydrazine groups is 1. The second-order valence-corrected chi connectivity index (χ2v) is 4.57. The van der Waals surface area contributed by atoms with Crippen molar-refractivity contribution in [1.82, 2.24) is 9.97 Å². The number of nitrogens with one attached hydrogen (secondary N) is 2. The molecule has 0 unspecified atom stereocenters. The molecule has 5 nitrogen and oxygen atoms in total. The Morgan fingerprint density at radius 2 is 2.17 bits per heavy atom. The molecule has 1 aromatic carbocycles. The second kappa shape index (κ2) is 5.47. The monoisotopic (exact) mass is 331 g/mol. The number of hydrogen-bond acceptors (Lipinski definition) is 5. The lowest BCUT2D eigenvalue weighted by Gasteiger charge is -2.09. The summed E-state index contributed by atoms with van der Waals surface area (Å²) < 4.78 is 14.2. The van der Waals surface area contributed by atoms with Gasteiger partial charge in [-0.1, -0.05) is 11.6 Å². The topological polar surface area (TPSA) is 75.9 Å². The minimum Gasteiger partial charge on any atom is -0.337 e. The van der Waals surface area contributed by atoms with Crippen molar-refractivity contribution in [2.75, 3.05) is 10.7 Å². The van der Waals surface area contributed by atoms with Gasteiger partial charge in [-0.3, -0.25) is 5.43 Å². The van der Waals surface area contributed by atoms with Crippen LogP contribution in [0.4, 0.5) is 21.8 Å². The first-order valence-electron chi connectivity index (χ1n) is 4.81. The van der Waals surface area contributed by atoms with Crippen LogP contribution >= 0.6 is 27.5 Å². The lowest BCUT2D eigenvalue weighted by atomic mass is 10.3. The molecule has 0 saturated heterocycles. The van der Waals surface area contributed by atoms with Gasteiger partial charge in [0.2, 0.25) is 5.95 Å². The number of hydrogen-bond donors (Lipinski definition) is 3. The molecule has 0 bridgehead atoms. The number of nitrogens with two attached hydrogens (primary N) is 1. The van der Waals surface area contributed by atoms with E-state index in [1.165, 1.54) is 0 Å². The van der Waals surface area contributed by atoms with Crippen LogP contribution in [-0.4, -0.2) is 9.97 Å². The lowest BCUT2D eigenvalue weighted by Crippen LogP contribution is -2.12. The molecule has 0 saturated carbocycles. The van der Waals surface area contributed by atoms with Crippen molar-refractivity contribution in [3.63, 3.8) is 0 Å². The van der Waals surface area contributed by atoms with E-state index in [0.717, 1.165) is 6.20 Å². The summed E-state index contributed by atoms with van der Waals surface area (Å²) in [4.78, 5) is 7.50. The highest BCUT2D eigenvalue weighted by Gasteiger charge is 2.08. The van der Waals surface area contributed by atoms with E-state index in [2.05, 4.69) is 36.6 Å². The number of rotatable bonds is 3. The summed E-state index contributed by atoms with van der Waals surface area (Å²) in [5.41, 5.74) is 2.87. The fourth-order valence-corrected chi connectivity index (χ4v) is 2.02. The van der Waals surface area contributed by atoms with Gasteiger partial charge in [-0.25, -0.2) is 15.2 Å². The van der Waals surface area contributed by atoms with E-state index in [9.17, 15) is 4.39 Å². The summed E-state index contributed by atoms with van der Waals surface area (Å²) in [7, 11) is 0. The zero-order valence-corrected chi connectivity index (χ0v) is 11.3. The third-order valence-corrected chi connectivity index (χ3v) is 2.95. The average Bonchev–Trinajstić information content (AvgIpc) is 2.35. The average molecular weight is 333 g/mol. The predicted molar refractivity (Wildman–Crippen MR) is 72.2 cm³/mol. The van der Waals surface area contributed by atoms with E-state index in [1.54, 1.807) is 18.2 Å². The van der Waals surface area contributed by atoms with Gasteiger partial charge < -0.3 is 5.32 Å². The third kappa shape index (κ3) is 2.87. The second-order valence-electron chi connectivity index (χ2n) is 3.28. The summed E-state index contributed by atoms with van der Waals surface area (Å²) in [5.74, 6) is 4.70. The largest absolute Gasteiger partial charge is 0.337 e. The van der Waals surface area contributed by atoms with Gasteiger partial charge in [-0.2, -0.15) is 4.98 Å². The van der Waals surface area contributed by atoms with Crippen molar-refractivity contribution in [3.05, 3.63) is 39.7 Å². The normalized spacial score (nSPS) is 10.2. The van der Waals surface area contributed by atoms with Crippen molar-refractivity contribution < 1.29 is 4.39 Å². The van der Waals surface area contributed by atoms with Gasteiger partial charge in [0.05, 0.1) is 11.9 Å². The first kappa shape index (κ1) is 13.0. The number of benzene rings is 1. The van der Waals surface area contributed by atoms with Gasteiger partial charge in [0.1, 0.15) is 0 Å². The molecule has 94 valence electrons. The van der Waals surface area contributed by atoms with Crippen LogP contribution in [0.2, 0.25) is 5.02 Å². The van der Waals surface area contributed by atoms with Crippen molar-refractivity contribution >= 4 is 45.0 Å². The van der Waals surface area contributed by atoms with Crippen molar-refractivity contribution in [2.24, 2.45) is 5.84 Å². The summed E-state index contributed by atoms with van der Waals surface area (Å²) in [6.07, 6.45) is 1.02. The minimum atomic E-state index is -0.587. The maximum Gasteiger partial charge on any atom is 0.239 e. The van der Waals surface area contributed by atoms with E-state index in [0.29, 0.717) is 15.2 Å². The molecule has 0 spiro atoms. The van der Waals surface area contributed by atoms with Crippen LogP contribution in [0.25, 0.3) is 0 Å². The van der Waals surface area contributed by atoms with Crippen LogP contribution in [0, 0.1) is 5.82 Å². The molecule has 2 aromatic rings. The van der Waals surface area contributed by atoms with Crippen LogP contribution in [0.1, 0.15) is 0 Å². The minimum absolute atomic E-state index is 0.0148. The number of aromatic nitrogens is 2. The number of halogens is 3. The Hall–Kier alpha value is -1.44. The Kier molecular flexibility index (Phi) is 3.95.